The molecule has 4 nitrogen and oxygen atoms in total. The quantitative estimate of drug-likeness (QED) is 0.843. The van der Waals surface area contributed by atoms with Gasteiger partial charge in [0.15, 0.2) is 11.3 Å². The van der Waals surface area contributed by atoms with Gasteiger partial charge in [0, 0.05) is 25.2 Å². The monoisotopic (exact) mass is 275 g/mol. The summed E-state index contributed by atoms with van der Waals surface area (Å²) in [6.07, 6.45) is 0. The molecule has 0 saturated carbocycles. The van der Waals surface area contributed by atoms with Crippen LogP contribution in [0.4, 0.5) is 10.3 Å². The smallest absolute Gasteiger partial charge is 0.200 e. The average Bonchev–Trinajstić information content (AvgIpc) is 2.48. The Bertz CT molecular complexity index is 662. The van der Waals surface area contributed by atoms with E-state index in [0.29, 0.717) is 37.8 Å². The number of anilines is 1. The zero-order chi connectivity index (χ0) is 13.9. The van der Waals surface area contributed by atoms with Crippen molar-refractivity contribution in [2.75, 3.05) is 31.2 Å². The van der Waals surface area contributed by atoms with Crippen LogP contribution < -0.4 is 10.3 Å². The van der Waals surface area contributed by atoms with Crippen LogP contribution in [0.15, 0.2) is 45.6 Å². The first-order chi connectivity index (χ1) is 9.74. The first kappa shape index (κ1) is 12.9. The summed E-state index contributed by atoms with van der Waals surface area (Å²) in [5.74, 6) is 0.297. The maximum atomic E-state index is 13.8. The second-order valence-electron chi connectivity index (χ2n) is 4.57. The van der Waals surface area contributed by atoms with Gasteiger partial charge in [-0.25, -0.2) is 4.39 Å². The van der Waals surface area contributed by atoms with E-state index in [-0.39, 0.29) is 11.2 Å². The molecule has 2 heterocycles. The Kier molecular flexibility index (Phi) is 3.52. The molecule has 1 saturated heterocycles. The fourth-order valence-electron chi connectivity index (χ4n) is 2.20. The molecule has 1 aromatic carbocycles. The predicted molar refractivity (Wildman–Crippen MR) is 73.4 cm³/mol. The highest BCUT2D eigenvalue weighted by molar-refractivity contribution is 5.59. The number of hydrogen-bond donors (Lipinski definition) is 0. The van der Waals surface area contributed by atoms with E-state index in [1.807, 2.05) is 4.90 Å². The number of nitrogens with zero attached hydrogens (tertiary/aromatic N) is 1. The van der Waals surface area contributed by atoms with Crippen LogP contribution in [0.5, 0.6) is 0 Å². The summed E-state index contributed by atoms with van der Waals surface area (Å²) >= 11 is 0. The summed E-state index contributed by atoms with van der Waals surface area (Å²) in [5.41, 5.74) is 0.0932. The number of rotatable bonds is 2. The topological polar surface area (TPSA) is 42.7 Å². The van der Waals surface area contributed by atoms with E-state index in [1.165, 1.54) is 18.2 Å². The van der Waals surface area contributed by atoms with Gasteiger partial charge in [-0.3, -0.25) is 4.79 Å². The molecule has 0 spiro atoms. The lowest BCUT2D eigenvalue weighted by atomic mass is 10.1. The molecule has 0 N–H and O–H groups in total. The van der Waals surface area contributed by atoms with Crippen LogP contribution >= 0.6 is 0 Å². The van der Waals surface area contributed by atoms with Crippen molar-refractivity contribution in [1.82, 2.24) is 0 Å². The lowest BCUT2D eigenvalue weighted by Gasteiger charge is -2.27. The van der Waals surface area contributed by atoms with Gasteiger partial charge in [0.2, 0.25) is 0 Å². The van der Waals surface area contributed by atoms with Crippen molar-refractivity contribution in [2.45, 2.75) is 0 Å². The van der Waals surface area contributed by atoms with Gasteiger partial charge in [-0.1, -0.05) is 12.1 Å². The van der Waals surface area contributed by atoms with Crippen LogP contribution in [0.3, 0.4) is 0 Å². The van der Waals surface area contributed by atoms with Crippen molar-refractivity contribution in [3.05, 3.63) is 52.4 Å². The molecule has 5 heteroatoms. The van der Waals surface area contributed by atoms with Gasteiger partial charge in [-0.2, -0.15) is 0 Å². The molecular formula is C15H14FNO3. The average molecular weight is 275 g/mol. The van der Waals surface area contributed by atoms with Crippen molar-refractivity contribution in [3.63, 3.8) is 0 Å². The number of halogens is 1. The van der Waals surface area contributed by atoms with Gasteiger partial charge in [0.1, 0.15) is 11.6 Å². The molecule has 0 amide bonds. The fourth-order valence-corrected chi connectivity index (χ4v) is 2.20. The third kappa shape index (κ3) is 2.58. The zero-order valence-electron chi connectivity index (χ0n) is 10.8. The number of morpholine rings is 1. The van der Waals surface area contributed by atoms with Crippen LogP contribution in [0.2, 0.25) is 0 Å². The van der Waals surface area contributed by atoms with Crippen molar-refractivity contribution >= 4 is 5.88 Å². The SMILES string of the molecule is O=c1cc(-c2ccccc2F)oc(N2CCOCC2)c1. The molecule has 104 valence electrons. The van der Waals surface area contributed by atoms with E-state index in [4.69, 9.17) is 9.15 Å². The van der Waals surface area contributed by atoms with E-state index < -0.39 is 5.82 Å². The van der Waals surface area contributed by atoms with Gasteiger partial charge in [-0.05, 0) is 12.1 Å². The maximum absolute atomic E-state index is 13.8. The van der Waals surface area contributed by atoms with Crippen LogP contribution in [0.25, 0.3) is 11.3 Å². The fraction of sp³-hybridized carbons (Fsp3) is 0.267. The zero-order valence-corrected chi connectivity index (χ0v) is 10.8. The van der Waals surface area contributed by atoms with E-state index in [0.717, 1.165) is 0 Å². The predicted octanol–water partition coefficient (Wildman–Crippen LogP) is 2.28. The van der Waals surface area contributed by atoms with E-state index in [9.17, 15) is 9.18 Å². The van der Waals surface area contributed by atoms with Crippen molar-refractivity contribution in [1.29, 1.82) is 0 Å². The molecule has 0 bridgehead atoms. The third-order valence-electron chi connectivity index (χ3n) is 3.22. The Morgan fingerprint density at radius 1 is 1.10 bits per heavy atom. The summed E-state index contributed by atoms with van der Waals surface area (Å²) in [7, 11) is 0. The number of benzene rings is 1. The third-order valence-corrected chi connectivity index (χ3v) is 3.22. The summed E-state index contributed by atoms with van der Waals surface area (Å²) < 4.78 is 24.7. The van der Waals surface area contributed by atoms with Gasteiger partial charge >= 0.3 is 0 Å². The highest BCUT2D eigenvalue weighted by atomic mass is 19.1. The summed E-state index contributed by atoms with van der Waals surface area (Å²) in [6, 6.07) is 8.98. The molecule has 20 heavy (non-hydrogen) atoms. The number of hydrogen-bond acceptors (Lipinski definition) is 4. The van der Waals surface area contributed by atoms with Crippen molar-refractivity contribution in [2.24, 2.45) is 0 Å². The minimum absolute atomic E-state index is 0.198. The van der Waals surface area contributed by atoms with E-state index in [2.05, 4.69) is 0 Å². The van der Waals surface area contributed by atoms with E-state index >= 15 is 0 Å². The molecule has 0 atom stereocenters. The molecule has 0 radical (unpaired) electrons. The van der Waals surface area contributed by atoms with Gasteiger partial charge < -0.3 is 14.1 Å². The maximum Gasteiger partial charge on any atom is 0.200 e. The molecule has 0 aliphatic carbocycles. The largest absolute Gasteiger partial charge is 0.440 e. The highest BCUT2D eigenvalue weighted by Crippen LogP contribution is 2.25. The van der Waals surface area contributed by atoms with Crippen LogP contribution in [-0.2, 0) is 4.74 Å². The Morgan fingerprint density at radius 3 is 2.60 bits per heavy atom. The van der Waals surface area contributed by atoms with Crippen LogP contribution in [-0.4, -0.2) is 26.3 Å². The molecule has 3 rings (SSSR count). The van der Waals surface area contributed by atoms with Crippen LogP contribution in [0.1, 0.15) is 0 Å². The molecule has 1 fully saturated rings. The Morgan fingerprint density at radius 2 is 1.85 bits per heavy atom. The summed E-state index contributed by atoms with van der Waals surface area (Å²) in [6.45, 7) is 2.49. The standard InChI is InChI=1S/C15H14FNO3/c16-13-4-2-1-3-12(13)14-9-11(18)10-15(20-14)17-5-7-19-8-6-17/h1-4,9-10H,5-8H2. The molecule has 2 aromatic rings. The second-order valence-corrected chi connectivity index (χ2v) is 4.57. The minimum Gasteiger partial charge on any atom is -0.440 e. The van der Waals surface area contributed by atoms with Crippen molar-refractivity contribution < 1.29 is 13.5 Å². The Labute approximate surface area is 115 Å². The highest BCUT2D eigenvalue weighted by Gasteiger charge is 2.16. The summed E-state index contributed by atoms with van der Waals surface area (Å²) in [5, 5.41) is 0. The summed E-state index contributed by atoms with van der Waals surface area (Å²) in [4.78, 5) is 13.7. The van der Waals surface area contributed by atoms with Gasteiger partial charge in [0.25, 0.3) is 0 Å². The van der Waals surface area contributed by atoms with E-state index in [1.54, 1.807) is 18.2 Å². The van der Waals surface area contributed by atoms with Crippen LogP contribution in [0, 0.1) is 5.82 Å². The Hall–Kier alpha value is -2.14. The minimum atomic E-state index is -0.408. The normalized spacial score (nSPS) is 15.3. The lowest BCUT2D eigenvalue weighted by Crippen LogP contribution is -2.36. The number of ether oxygens (including phenoxy) is 1. The molecule has 0 unspecified atom stereocenters. The Balaban J connectivity index is 2.02. The molecular weight excluding hydrogens is 261 g/mol. The molecule has 1 aliphatic rings. The lowest BCUT2D eigenvalue weighted by molar-refractivity contribution is 0.120. The molecule has 1 aliphatic heterocycles. The van der Waals surface area contributed by atoms with Gasteiger partial charge in [0.05, 0.1) is 18.8 Å². The molecule has 1 aromatic heterocycles. The first-order valence-electron chi connectivity index (χ1n) is 6.47. The van der Waals surface area contributed by atoms with Gasteiger partial charge in [-0.15, -0.1) is 0 Å². The second kappa shape index (κ2) is 5.46. The van der Waals surface area contributed by atoms with Crippen molar-refractivity contribution in [3.8, 4) is 11.3 Å². The first-order valence-corrected chi connectivity index (χ1v) is 6.47.